The number of allylic oxidation sites excluding steroid dienone is 1. The van der Waals surface area contributed by atoms with Gasteiger partial charge in [0.25, 0.3) is 0 Å². The molecule has 1 aromatic carbocycles. The second kappa shape index (κ2) is 4.84. The van der Waals surface area contributed by atoms with E-state index in [2.05, 4.69) is 15.9 Å². The van der Waals surface area contributed by atoms with Crippen LogP contribution in [0.2, 0.25) is 5.02 Å². The summed E-state index contributed by atoms with van der Waals surface area (Å²) >= 11 is 8.86. The lowest BCUT2D eigenvalue weighted by Crippen LogP contribution is -1.80. The van der Waals surface area contributed by atoms with Gasteiger partial charge < -0.3 is 5.11 Å². The van der Waals surface area contributed by atoms with E-state index in [4.69, 9.17) is 22.1 Å². The minimum Gasteiger partial charge on any atom is -0.506 e. The van der Waals surface area contributed by atoms with E-state index in [0.717, 1.165) is 0 Å². The molecule has 0 fully saturated rings. The molecule has 1 aromatic rings. The largest absolute Gasteiger partial charge is 0.506 e. The first kappa shape index (κ1) is 11.6. The van der Waals surface area contributed by atoms with Gasteiger partial charge in [0.05, 0.1) is 4.47 Å². The molecule has 0 saturated heterocycles. The third-order valence-electron chi connectivity index (χ3n) is 1.60. The zero-order chi connectivity index (χ0) is 11.4. The van der Waals surface area contributed by atoms with Gasteiger partial charge in [-0.25, -0.2) is 0 Å². The molecule has 0 atom stereocenters. The van der Waals surface area contributed by atoms with Crippen LogP contribution in [0, 0.1) is 22.7 Å². The molecule has 5 heteroatoms. The van der Waals surface area contributed by atoms with Crippen LogP contribution in [0.25, 0.3) is 6.08 Å². The summed E-state index contributed by atoms with van der Waals surface area (Å²) in [5.41, 5.74) is 0.229. The Morgan fingerprint density at radius 2 is 2.00 bits per heavy atom. The summed E-state index contributed by atoms with van der Waals surface area (Å²) in [4.78, 5) is 0. The Hall–Kier alpha value is -1.49. The molecular weight excluding hydrogens is 279 g/mol. The second-order valence-corrected chi connectivity index (χ2v) is 3.90. The molecule has 0 aliphatic heterocycles. The predicted octanol–water partition coefficient (Wildman–Crippen LogP) is 3.24. The van der Waals surface area contributed by atoms with E-state index in [9.17, 15) is 5.11 Å². The molecule has 0 unspecified atom stereocenters. The molecule has 1 N–H and O–H groups in total. The monoisotopic (exact) mass is 282 g/mol. The fourth-order valence-corrected chi connectivity index (χ4v) is 1.77. The van der Waals surface area contributed by atoms with Crippen LogP contribution in [0.4, 0.5) is 0 Å². The highest BCUT2D eigenvalue weighted by molar-refractivity contribution is 9.10. The van der Waals surface area contributed by atoms with Gasteiger partial charge in [-0.15, -0.1) is 0 Å². The quantitative estimate of drug-likeness (QED) is 0.804. The normalized spacial score (nSPS) is 8.80. The van der Waals surface area contributed by atoms with E-state index in [0.29, 0.717) is 15.1 Å². The number of hydrogen-bond acceptors (Lipinski definition) is 3. The lowest BCUT2D eigenvalue weighted by molar-refractivity contribution is 0.470. The number of halogens is 2. The standard InChI is InChI=1S/C10H4BrClN2O/c11-9-3-8(12)2-7(10(9)15)1-6(4-13)5-14/h1-3,15H. The molecule has 15 heavy (non-hydrogen) atoms. The van der Waals surface area contributed by atoms with Crippen LogP contribution >= 0.6 is 27.5 Å². The molecule has 0 saturated carbocycles. The number of benzene rings is 1. The van der Waals surface area contributed by atoms with E-state index in [1.54, 1.807) is 12.1 Å². The fraction of sp³-hybridized carbons (Fsp3) is 0. The summed E-state index contributed by atoms with van der Waals surface area (Å²) in [6, 6.07) is 6.38. The number of nitriles is 2. The van der Waals surface area contributed by atoms with Gasteiger partial charge in [-0.05, 0) is 34.1 Å². The molecule has 0 aliphatic rings. The van der Waals surface area contributed by atoms with Gasteiger partial charge >= 0.3 is 0 Å². The van der Waals surface area contributed by atoms with Gasteiger partial charge in [-0.3, -0.25) is 0 Å². The van der Waals surface area contributed by atoms with Crippen LogP contribution in [0.1, 0.15) is 5.56 Å². The zero-order valence-electron chi connectivity index (χ0n) is 7.33. The van der Waals surface area contributed by atoms with Crippen LogP contribution in [-0.2, 0) is 0 Å². The maximum atomic E-state index is 9.59. The first-order chi connectivity index (χ1) is 7.08. The average Bonchev–Trinajstić information content (AvgIpc) is 2.21. The molecule has 0 bridgehead atoms. The third-order valence-corrected chi connectivity index (χ3v) is 2.42. The predicted molar refractivity (Wildman–Crippen MR) is 60.0 cm³/mol. The zero-order valence-corrected chi connectivity index (χ0v) is 9.67. The maximum Gasteiger partial charge on any atom is 0.137 e. The first-order valence-corrected chi connectivity index (χ1v) is 4.95. The van der Waals surface area contributed by atoms with Crippen molar-refractivity contribution in [2.24, 2.45) is 0 Å². The van der Waals surface area contributed by atoms with E-state index >= 15 is 0 Å². The molecule has 74 valence electrons. The fourth-order valence-electron chi connectivity index (χ4n) is 0.941. The van der Waals surface area contributed by atoms with Gasteiger partial charge in [0, 0.05) is 10.6 Å². The summed E-state index contributed by atoms with van der Waals surface area (Å²) in [6.07, 6.45) is 1.27. The topological polar surface area (TPSA) is 67.8 Å². The lowest BCUT2D eigenvalue weighted by Gasteiger charge is -2.02. The van der Waals surface area contributed by atoms with Crippen molar-refractivity contribution in [2.75, 3.05) is 0 Å². The highest BCUT2D eigenvalue weighted by Gasteiger charge is 2.06. The van der Waals surface area contributed by atoms with Crippen molar-refractivity contribution < 1.29 is 5.11 Å². The maximum absolute atomic E-state index is 9.59. The summed E-state index contributed by atoms with van der Waals surface area (Å²) in [5, 5.41) is 27.1. The third kappa shape index (κ3) is 2.73. The molecule has 0 aliphatic carbocycles. The van der Waals surface area contributed by atoms with Gasteiger partial charge in [0.15, 0.2) is 0 Å². The van der Waals surface area contributed by atoms with Crippen LogP contribution in [0.5, 0.6) is 5.75 Å². The Labute approximate surface area is 100.0 Å². The molecule has 1 rings (SSSR count). The Bertz CT molecular complexity index is 495. The van der Waals surface area contributed by atoms with Gasteiger partial charge in [-0.1, -0.05) is 11.6 Å². The molecular formula is C10H4BrClN2O. The number of phenolic OH excluding ortho intramolecular Hbond substituents is 1. The Balaban J connectivity index is 3.35. The van der Waals surface area contributed by atoms with E-state index in [1.165, 1.54) is 18.2 Å². The summed E-state index contributed by atoms with van der Waals surface area (Å²) in [5.74, 6) is -0.0533. The Kier molecular flexibility index (Phi) is 3.74. The van der Waals surface area contributed by atoms with Crippen LogP contribution in [0.3, 0.4) is 0 Å². The smallest absolute Gasteiger partial charge is 0.137 e. The molecule has 0 amide bonds. The van der Waals surface area contributed by atoms with Crippen LogP contribution in [-0.4, -0.2) is 5.11 Å². The van der Waals surface area contributed by atoms with Crippen LogP contribution in [0.15, 0.2) is 22.2 Å². The van der Waals surface area contributed by atoms with Crippen molar-refractivity contribution in [1.29, 1.82) is 10.5 Å². The number of hydrogen-bond donors (Lipinski definition) is 1. The summed E-state index contributed by atoms with van der Waals surface area (Å²) in [6.45, 7) is 0. The average molecular weight is 284 g/mol. The van der Waals surface area contributed by atoms with Crippen molar-refractivity contribution in [2.45, 2.75) is 0 Å². The minimum atomic E-state index is -0.0977. The van der Waals surface area contributed by atoms with Crippen LogP contribution < -0.4 is 0 Å². The highest BCUT2D eigenvalue weighted by atomic mass is 79.9. The van der Waals surface area contributed by atoms with Gasteiger partial charge in [0.1, 0.15) is 23.5 Å². The number of phenols is 1. The number of nitrogens with zero attached hydrogens (tertiary/aromatic N) is 2. The summed E-state index contributed by atoms with van der Waals surface area (Å²) < 4.78 is 0.413. The van der Waals surface area contributed by atoms with Crippen molar-refractivity contribution in [3.05, 3.63) is 32.8 Å². The molecule has 0 heterocycles. The molecule has 3 nitrogen and oxygen atoms in total. The lowest BCUT2D eigenvalue weighted by atomic mass is 10.1. The molecule has 0 spiro atoms. The van der Waals surface area contributed by atoms with Gasteiger partial charge in [0.2, 0.25) is 0 Å². The SMILES string of the molecule is N#CC(C#N)=Cc1cc(Cl)cc(Br)c1O. The number of rotatable bonds is 1. The Morgan fingerprint density at radius 1 is 1.40 bits per heavy atom. The first-order valence-electron chi connectivity index (χ1n) is 3.78. The molecule has 0 radical (unpaired) electrons. The summed E-state index contributed by atoms with van der Waals surface area (Å²) in [7, 11) is 0. The van der Waals surface area contributed by atoms with Crippen molar-refractivity contribution in [1.82, 2.24) is 0 Å². The molecule has 0 aromatic heterocycles. The van der Waals surface area contributed by atoms with E-state index in [-0.39, 0.29) is 11.3 Å². The van der Waals surface area contributed by atoms with Crippen molar-refractivity contribution >= 4 is 33.6 Å². The van der Waals surface area contributed by atoms with E-state index in [1.807, 2.05) is 0 Å². The van der Waals surface area contributed by atoms with Gasteiger partial charge in [-0.2, -0.15) is 10.5 Å². The van der Waals surface area contributed by atoms with Crippen molar-refractivity contribution in [3.63, 3.8) is 0 Å². The second-order valence-electron chi connectivity index (χ2n) is 2.61. The highest BCUT2D eigenvalue weighted by Crippen LogP contribution is 2.32. The van der Waals surface area contributed by atoms with E-state index < -0.39 is 0 Å². The van der Waals surface area contributed by atoms with Crippen molar-refractivity contribution in [3.8, 4) is 17.9 Å². The Morgan fingerprint density at radius 3 is 2.53 bits per heavy atom. The number of aromatic hydroxyl groups is 1. The minimum absolute atomic E-state index is 0.0533.